The maximum absolute atomic E-state index is 10.3. The molecule has 0 spiro atoms. The highest BCUT2D eigenvalue weighted by atomic mass is 16.4. The van der Waals surface area contributed by atoms with Gasteiger partial charge in [0.2, 0.25) is 0 Å². The Kier molecular flexibility index (Phi) is 2.49. The van der Waals surface area contributed by atoms with Crippen LogP contribution in [0, 0.1) is 5.41 Å². The van der Waals surface area contributed by atoms with Crippen molar-refractivity contribution in [1.82, 2.24) is 0 Å². The van der Waals surface area contributed by atoms with Gasteiger partial charge in [0.1, 0.15) is 5.84 Å². The van der Waals surface area contributed by atoms with E-state index in [0.717, 1.165) is 0 Å². The van der Waals surface area contributed by atoms with Gasteiger partial charge >= 0.3 is 6.09 Å². The normalized spacial score (nSPS) is 9.23. The Bertz CT molecular complexity index is 349. The number of rotatable bonds is 2. The van der Waals surface area contributed by atoms with E-state index in [2.05, 4.69) is 5.32 Å². The molecule has 0 radical (unpaired) electrons. The number of hydrogen-bond donors (Lipinski definition) is 4. The minimum absolute atomic E-state index is 0.0889. The molecule has 68 valence electrons. The summed E-state index contributed by atoms with van der Waals surface area (Å²) in [6, 6.07) is 6.34. The van der Waals surface area contributed by atoms with Gasteiger partial charge in [-0.3, -0.25) is 10.7 Å². The van der Waals surface area contributed by atoms with Crippen LogP contribution in [0.4, 0.5) is 10.5 Å². The Hall–Kier alpha value is -2.04. The van der Waals surface area contributed by atoms with Crippen LogP contribution in [0.3, 0.4) is 0 Å². The van der Waals surface area contributed by atoms with Crippen LogP contribution < -0.4 is 11.1 Å². The highest BCUT2D eigenvalue weighted by Crippen LogP contribution is 2.09. The molecule has 1 aromatic carbocycles. The molecule has 1 rings (SSSR count). The van der Waals surface area contributed by atoms with Gasteiger partial charge in [0.05, 0.1) is 0 Å². The van der Waals surface area contributed by atoms with Gasteiger partial charge in [-0.25, -0.2) is 4.79 Å². The lowest BCUT2D eigenvalue weighted by Crippen LogP contribution is -2.12. The summed E-state index contributed by atoms with van der Waals surface area (Å²) in [4.78, 5) is 10.3. The Labute approximate surface area is 74.7 Å². The maximum atomic E-state index is 10.3. The molecular weight excluding hydrogens is 170 g/mol. The van der Waals surface area contributed by atoms with Crippen molar-refractivity contribution < 1.29 is 9.90 Å². The number of amides is 1. The van der Waals surface area contributed by atoms with Crippen LogP contribution in [-0.2, 0) is 0 Å². The van der Waals surface area contributed by atoms with Crippen LogP contribution in [0.2, 0.25) is 0 Å². The van der Waals surface area contributed by atoms with E-state index in [1.165, 1.54) is 6.07 Å². The zero-order valence-electron chi connectivity index (χ0n) is 6.74. The number of nitrogen functional groups attached to an aromatic ring is 1. The molecule has 0 saturated heterocycles. The first-order chi connectivity index (χ1) is 6.09. The van der Waals surface area contributed by atoms with E-state index in [4.69, 9.17) is 16.2 Å². The number of hydrogen-bond acceptors (Lipinski definition) is 2. The highest BCUT2D eigenvalue weighted by molar-refractivity contribution is 5.96. The molecular formula is C8H9N3O2. The van der Waals surface area contributed by atoms with E-state index >= 15 is 0 Å². The van der Waals surface area contributed by atoms with Crippen molar-refractivity contribution in [3.63, 3.8) is 0 Å². The molecule has 5 N–H and O–H groups in total. The van der Waals surface area contributed by atoms with Gasteiger partial charge in [-0.05, 0) is 12.1 Å². The largest absolute Gasteiger partial charge is 0.465 e. The van der Waals surface area contributed by atoms with Gasteiger partial charge in [0.15, 0.2) is 0 Å². The van der Waals surface area contributed by atoms with Gasteiger partial charge < -0.3 is 10.8 Å². The molecule has 0 aromatic heterocycles. The lowest BCUT2D eigenvalue weighted by atomic mass is 10.2. The van der Waals surface area contributed by atoms with Gasteiger partial charge in [-0.2, -0.15) is 0 Å². The van der Waals surface area contributed by atoms with Crippen molar-refractivity contribution in [2.45, 2.75) is 0 Å². The fraction of sp³-hybridized carbons (Fsp3) is 0. The van der Waals surface area contributed by atoms with Gasteiger partial charge in [-0.1, -0.05) is 12.1 Å². The Morgan fingerprint density at radius 3 is 2.77 bits per heavy atom. The van der Waals surface area contributed by atoms with Crippen LogP contribution in [0.5, 0.6) is 0 Å². The van der Waals surface area contributed by atoms with Crippen molar-refractivity contribution in [3.05, 3.63) is 29.8 Å². The number of nitrogens with one attached hydrogen (secondary N) is 2. The van der Waals surface area contributed by atoms with E-state index < -0.39 is 6.09 Å². The van der Waals surface area contributed by atoms with Crippen LogP contribution in [0.1, 0.15) is 5.56 Å². The molecule has 0 fully saturated rings. The van der Waals surface area contributed by atoms with Gasteiger partial charge in [-0.15, -0.1) is 0 Å². The molecule has 0 heterocycles. The quantitative estimate of drug-likeness (QED) is 0.403. The Balaban J connectivity index is 2.91. The van der Waals surface area contributed by atoms with E-state index in [0.29, 0.717) is 11.3 Å². The fourth-order valence-corrected chi connectivity index (χ4v) is 0.888. The minimum Gasteiger partial charge on any atom is -0.465 e. The van der Waals surface area contributed by atoms with Crippen molar-refractivity contribution in [3.8, 4) is 0 Å². The molecule has 13 heavy (non-hydrogen) atoms. The summed E-state index contributed by atoms with van der Waals surface area (Å²) in [6.45, 7) is 0. The topological polar surface area (TPSA) is 99.2 Å². The predicted molar refractivity (Wildman–Crippen MR) is 49.1 cm³/mol. The van der Waals surface area contributed by atoms with Crippen LogP contribution >= 0.6 is 0 Å². The summed E-state index contributed by atoms with van der Waals surface area (Å²) in [5.74, 6) is -0.0889. The van der Waals surface area contributed by atoms with Crippen molar-refractivity contribution >= 4 is 17.6 Å². The molecule has 0 aliphatic carbocycles. The molecule has 1 aromatic rings. The number of amidine groups is 1. The van der Waals surface area contributed by atoms with Gasteiger partial charge in [0, 0.05) is 11.3 Å². The monoisotopic (exact) mass is 179 g/mol. The number of anilines is 1. The summed E-state index contributed by atoms with van der Waals surface area (Å²) in [5.41, 5.74) is 6.12. The van der Waals surface area contributed by atoms with E-state index in [-0.39, 0.29) is 5.84 Å². The van der Waals surface area contributed by atoms with Crippen molar-refractivity contribution in [1.29, 1.82) is 5.41 Å². The predicted octanol–water partition coefficient (Wildman–Crippen LogP) is 1.06. The third-order valence-electron chi connectivity index (χ3n) is 1.42. The lowest BCUT2D eigenvalue weighted by Gasteiger charge is -2.02. The second kappa shape index (κ2) is 3.57. The number of carbonyl (C=O) groups is 1. The molecule has 0 unspecified atom stereocenters. The van der Waals surface area contributed by atoms with Crippen molar-refractivity contribution in [2.75, 3.05) is 5.32 Å². The Morgan fingerprint density at radius 2 is 2.23 bits per heavy atom. The molecule has 0 atom stereocenters. The molecule has 0 saturated carbocycles. The highest BCUT2D eigenvalue weighted by Gasteiger charge is 2.00. The zero-order chi connectivity index (χ0) is 9.84. The standard InChI is InChI=1S/C8H9N3O2/c9-7(10)5-2-1-3-6(4-5)11-8(12)13/h1-4,11H,(H3,9,10)(H,12,13). The average molecular weight is 179 g/mol. The zero-order valence-corrected chi connectivity index (χ0v) is 6.74. The molecule has 0 bridgehead atoms. The first-order valence-electron chi connectivity index (χ1n) is 3.54. The smallest absolute Gasteiger partial charge is 0.409 e. The summed E-state index contributed by atoms with van der Waals surface area (Å²) >= 11 is 0. The minimum atomic E-state index is -1.14. The summed E-state index contributed by atoms with van der Waals surface area (Å²) in [7, 11) is 0. The maximum Gasteiger partial charge on any atom is 0.409 e. The number of benzene rings is 1. The summed E-state index contributed by atoms with van der Waals surface area (Å²) < 4.78 is 0. The van der Waals surface area contributed by atoms with Crippen LogP contribution in [-0.4, -0.2) is 17.0 Å². The third-order valence-corrected chi connectivity index (χ3v) is 1.42. The van der Waals surface area contributed by atoms with Gasteiger partial charge in [0.25, 0.3) is 0 Å². The second-order valence-corrected chi connectivity index (χ2v) is 2.42. The SMILES string of the molecule is N=C(N)c1cccc(NC(=O)O)c1. The molecule has 0 aliphatic rings. The molecule has 1 amide bonds. The number of nitrogens with two attached hydrogens (primary N) is 1. The van der Waals surface area contributed by atoms with Crippen LogP contribution in [0.15, 0.2) is 24.3 Å². The Morgan fingerprint density at radius 1 is 1.54 bits per heavy atom. The van der Waals surface area contributed by atoms with E-state index in [1.807, 2.05) is 0 Å². The lowest BCUT2D eigenvalue weighted by molar-refractivity contribution is 0.210. The third kappa shape index (κ3) is 2.48. The fourth-order valence-electron chi connectivity index (χ4n) is 0.888. The summed E-state index contributed by atoms with van der Waals surface area (Å²) in [5, 5.41) is 17.7. The molecule has 0 aliphatic heterocycles. The second-order valence-electron chi connectivity index (χ2n) is 2.42. The average Bonchev–Trinajstić information content (AvgIpc) is 2.03. The number of carboxylic acid groups (broad SMARTS) is 1. The molecule has 5 nitrogen and oxygen atoms in total. The van der Waals surface area contributed by atoms with E-state index in [1.54, 1.807) is 18.2 Å². The first-order valence-corrected chi connectivity index (χ1v) is 3.54. The molecule has 5 heteroatoms. The van der Waals surface area contributed by atoms with E-state index in [9.17, 15) is 4.79 Å². The first kappa shape index (κ1) is 9.05. The van der Waals surface area contributed by atoms with Crippen molar-refractivity contribution in [2.24, 2.45) is 5.73 Å². The summed E-state index contributed by atoms with van der Waals surface area (Å²) in [6.07, 6.45) is -1.14. The van der Waals surface area contributed by atoms with Crippen LogP contribution in [0.25, 0.3) is 0 Å².